The number of unbranched alkanes of at least 4 members (excludes halogenated alkanes) is 5. The minimum atomic E-state index is 1.19. The minimum absolute atomic E-state index is 1.19. The summed E-state index contributed by atoms with van der Waals surface area (Å²) >= 11 is 0. The Balaban J connectivity index is 3.06. The van der Waals surface area contributed by atoms with Gasteiger partial charge in [0.15, 0.2) is 0 Å². The Labute approximate surface area is 77.4 Å². The Bertz CT molecular complexity index is 138. The van der Waals surface area contributed by atoms with Crippen LogP contribution in [0.4, 0.5) is 0 Å². The van der Waals surface area contributed by atoms with Crippen molar-refractivity contribution in [3.8, 4) is 0 Å². The van der Waals surface area contributed by atoms with Crippen LogP contribution in [0.5, 0.6) is 0 Å². The molecule has 0 atom stereocenters. The first-order valence-electron chi connectivity index (χ1n) is 5.16. The van der Waals surface area contributed by atoms with E-state index in [-0.39, 0.29) is 0 Å². The molecular formula is C12H22. The average Bonchev–Trinajstić information content (AvgIpc) is 2.10. The third kappa shape index (κ3) is 7.63. The summed E-state index contributed by atoms with van der Waals surface area (Å²) < 4.78 is 0. The molecule has 0 N–H and O–H groups in total. The first-order chi connectivity index (χ1) is 5.81. The van der Waals surface area contributed by atoms with E-state index in [9.17, 15) is 0 Å². The Morgan fingerprint density at radius 1 is 1.08 bits per heavy atom. The molecule has 0 spiro atoms. The molecule has 0 aliphatic carbocycles. The highest BCUT2D eigenvalue weighted by Crippen LogP contribution is 2.10. The van der Waals surface area contributed by atoms with E-state index in [1.54, 1.807) is 0 Å². The van der Waals surface area contributed by atoms with Crippen LogP contribution in [-0.4, -0.2) is 0 Å². The summed E-state index contributed by atoms with van der Waals surface area (Å²) in [6, 6.07) is 0. The predicted octanol–water partition coefficient (Wildman–Crippen LogP) is 4.47. The van der Waals surface area contributed by atoms with Gasteiger partial charge in [-0.2, -0.15) is 0 Å². The summed E-state index contributed by atoms with van der Waals surface area (Å²) in [5, 5.41) is 0. The quantitative estimate of drug-likeness (QED) is 0.387. The maximum Gasteiger partial charge on any atom is -0.0247 e. The third-order valence-electron chi connectivity index (χ3n) is 2.21. The van der Waals surface area contributed by atoms with E-state index in [1.165, 1.54) is 50.5 Å². The van der Waals surface area contributed by atoms with Crippen LogP contribution in [0.15, 0.2) is 17.9 Å². The molecule has 0 fully saturated rings. The van der Waals surface area contributed by atoms with E-state index >= 15 is 0 Å². The molecule has 12 heavy (non-hydrogen) atoms. The number of rotatable bonds is 7. The van der Waals surface area contributed by atoms with Gasteiger partial charge in [-0.05, 0) is 25.3 Å². The topological polar surface area (TPSA) is 0 Å². The second-order valence-corrected chi connectivity index (χ2v) is 3.47. The van der Waals surface area contributed by atoms with Crippen molar-refractivity contribution in [1.29, 1.82) is 0 Å². The SMILES string of the molecule is C=C=C(C)CCCCCCCC. The molecule has 0 heterocycles. The Morgan fingerprint density at radius 3 is 2.25 bits per heavy atom. The normalized spacial score (nSPS) is 9.50. The molecule has 0 saturated carbocycles. The van der Waals surface area contributed by atoms with Gasteiger partial charge in [-0.15, -0.1) is 5.73 Å². The molecule has 0 amide bonds. The Kier molecular flexibility index (Phi) is 8.27. The highest BCUT2D eigenvalue weighted by molar-refractivity contribution is 4.93. The van der Waals surface area contributed by atoms with Crippen molar-refractivity contribution in [2.75, 3.05) is 0 Å². The molecule has 0 nitrogen and oxygen atoms in total. The maximum absolute atomic E-state index is 3.63. The van der Waals surface area contributed by atoms with Crippen LogP contribution in [0, 0.1) is 0 Å². The lowest BCUT2D eigenvalue weighted by Crippen LogP contribution is -1.80. The van der Waals surface area contributed by atoms with E-state index in [2.05, 4.69) is 26.2 Å². The highest BCUT2D eigenvalue weighted by atomic mass is 14.0. The van der Waals surface area contributed by atoms with Gasteiger partial charge in [0.1, 0.15) is 0 Å². The highest BCUT2D eigenvalue weighted by Gasteiger charge is 1.90. The summed E-state index contributed by atoms with van der Waals surface area (Å²) in [6.45, 7) is 7.99. The van der Waals surface area contributed by atoms with Crippen molar-refractivity contribution in [3.63, 3.8) is 0 Å². The standard InChI is InChI=1S/C12H22/c1-4-6-7-8-9-10-11-12(3)5-2/h2,4,6-11H2,1,3H3. The first kappa shape index (κ1) is 11.5. The van der Waals surface area contributed by atoms with E-state index in [4.69, 9.17) is 0 Å². The fraction of sp³-hybridized carbons (Fsp3) is 0.750. The van der Waals surface area contributed by atoms with E-state index < -0.39 is 0 Å². The van der Waals surface area contributed by atoms with Gasteiger partial charge in [-0.1, -0.05) is 45.6 Å². The van der Waals surface area contributed by atoms with Gasteiger partial charge in [-0.25, -0.2) is 0 Å². The lowest BCUT2D eigenvalue weighted by Gasteiger charge is -1.99. The molecule has 0 aliphatic rings. The molecule has 0 aromatic heterocycles. The van der Waals surface area contributed by atoms with Gasteiger partial charge in [0.25, 0.3) is 0 Å². The largest absolute Gasteiger partial charge is 0.130 e. The molecule has 0 unspecified atom stereocenters. The van der Waals surface area contributed by atoms with Gasteiger partial charge >= 0.3 is 0 Å². The van der Waals surface area contributed by atoms with Gasteiger partial charge < -0.3 is 0 Å². The summed E-state index contributed by atoms with van der Waals surface area (Å²) in [4.78, 5) is 0. The summed E-state index contributed by atoms with van der Waals surface area (Å²) in [5.74, 6) is 0. The monoisotopic (exact) mass is 166 g/mol. The van der Waals surface area contributed by atoms with E-state index in [0.29, 0.717) is 0 Å². The number of allylic oxidation sites excluding steroid dienone is 1. The van der Waals surface area contributed by atoms with Crippen molar-refractivity contribution in [2.24, 2.45) is 0 Å². The molecule has 0 radical (unpaired) electrons. The van der Waals surface area contributed by atoms with Crippen LogP contribution >= 0.6 is 0 Å². The molecule has 0 saturated heterocycles. The molecule has 0 heteroatoms. The smallest absolute Gasteiger partial charge is 0.0247 e. The van der Waals surface area contributed by atoms with Crippen LogP contribution in [0.1, 0.15) is 58.8 Å². The van der Waals surface area contributed by atoms with Crippen LogP contribution in [0.25, 0.3) is 0 Å². The lowest BCUT2D eigenvalue weighted by atomic mass is 10.1. The molecule has 0 rings (SSSR count). The molecule has 0 aromatic rings. The van der Waals surface area contributed by atoms with Crippen LogP contribution in [0.3, 0.4) is 0 Å². The van der Waals surface area contributed by atoms with Crippen LogP contribution < -0.4 is 0 Å². The third-order valence-corrected chi connectivity index (χ3v) is 2.21. The molecule has 0 aromatic carbocycles. The summed E-state index contributed by atoms with van der Waals surface area (Å²) in [6.07, 6.45) is 9.43. The van der Waals surface area contributed by atoms with Crippen LogP contribution in [-0.2, 0) is 0 Å². The zero-order valence-corrected chi connectivity index (χ0v) is 8.66. The van der Waals surface area contributed by atoms with Crippen molar-refractivity contribution in [1.82, 2.24) is 0 Å². The maximum atomic E-state index is 3.63. The zero-order chi connectivity index (χ0) is 9.23. The van der Waals surface area contributed by atoms with Gasteiger partial charge in [-0.3, -0.25) is 0 Å². The van der Waals surface area contributed by atoms with E-state index in [1.807, 2.05) is 0 Å². The predicted molar refractivity (Wildman–Crippen MR) is 56.3 cm³/mol. The van der Waals surface area contributed by atoms with Crippen LogP contribution in [0.2, 0.25) is 0 Å². The second-order valence-electron chi connectivity index (χ2n) is 3.47. The van der Waals surface area contributed by atoms with Crippen molar-refractivity contribution in [2.45, 2.75) is 58.8 Å². The lowest BCUT2D eigenvalue weighted by molar-refractivity contribution is 0.606. The van der Waals surface area contributed by atoms with Crippen molar-refractivity contribution in [3.05, 3.63) is 17.9 Å². The fourth-order valence-corrected chi connectivity index (χ4v) is 1.26. The molecule has 70 valence electrons. The Morgan fingerprint density at radius 2 is 1.67 bits per heavy atom. The van der Waals surface area contributed by atoms with E-state index in [0.717, 1.165) is 0 Å². The molecular weight excluding hydrogens is 144 g/mol. The van der Waals surface area contributed by atoms with Crippen molar-refractivity contribution < 1.29 is 0 Å². The minimum Gasteiger partial charge on any atom is -0.130 e. The van der Waals surface area contributed by atoms with Gasteiger partial charge in [0, 0.05) is 0 Å². The zero-order valence-electron chi connectivity index (χ0n) is 8.66. The second kappa shape index (κ2) is 8.62. The molecule has 0 aliphatic heterocycles. The number of hydrogen-bond donors (Lipinski definition) is 0. The summed E-state index contributed by atoms with van der Waals surface area (Å²) in [5.41, 5.74) is 4.24. The summed E-state index contributed by atoms with van der Waals surface area (Å²) in [7, 11) is 0. The first-order valence-corrected chi connectivity index (χ1v) is 5.16. The molecule has 0 bridgehead atoms. The van der Waals surface area contributed by atoms with Gasteiger partial charge in [0.2, 0.25) is 0 Å². The average molecular weight is 166 g/mol. The fourth-order valence-electron chi connectivity index (χ4n) is 1.26. The number of hydrogen-bond acceptors (Lipinski definition) is 0. The van der Waals surface area contributed by atoms with Gasteiger partial charge in [0.05, 0.1) is 0 Å². The van der Waals surface area contributed by atoms with Crippen molar-refractivity contribution >= 4 is 0 Å². The Hall–Kier alpha value is -0.480.